The number of carbonyl (C=O) groups excluding carboxylic acids is 2. The molecule has 36 heavy (non-hydrogen) atoms. The molecular formula is C26H36BrN3O5S. The number of benzene rings is 2. The average Bonchev–Trinajstić information content (AvgIpc) is 2.78. The minimum atomic E-state index is -3.61. The molecule has 198 valence electrons. The lowest BCUT2D eigenvalue weighted by atomic mass is 10.1. The molecule has 0 aliphatic carbocycles. The third-order valence-corrected chi connectivity index (χ3v) is 7.09. The molecule has 0 aromatic heterocycles. The molecule has 0 saturated carbocycles. The SMILES string of the molecule is COc1ccccc1N(CCCC(=O)N(Cc1cccc(Br)c1)[C@H](C)C(=O)NC(C)(C)C)S(C)(=O)=O. The van der Waals surface area contributed by atoms with Gasteiger partial charge in [0, 0.05) is 29.5 Å². The summed E-state index contributed by atoms with van der Waals surface area (Å²) in [5, 5.41) is 2.94. The summed E-state index contributed by atoms with van der Waals surface area (Å²) in [6.45, 7) is 7.70. The van der Waals surface area contributed by atoms with Gasteiger partial charge in [0.15, 0.2) is 0 Å². The first-order valence-electron chi connectivity index (χ1n) is 11.7. The summed E-state index contributed by atoms with van der Waals surface area (Å²) < 4.78 is 32.5. The second-order valence-electron chi connectivity index (χ2n) is 9.68. The Morgan fingerprint density at radius 3 is 2.36 bits per heavy atom. The molecular weight excluding hydrogens is 546 g/mol. The average molecular weight is 583 g/mol. The fourth-order valence-corrected chi connectivity index (χ4v) is 5.12. The van der Waals surface area contributed by atoms with Gasteiger partial charge >= 0.3 is 0 Å². The van der Waals surface area contributed by atoms with Gasteiger partial charge in [-0.3, -0.25) is 13.9 Å². The van der Waals surface area contributed by atoms with Crippen molar-refractivity contribution in [2.24, 2.45) is 0 Å². The molecule has 0 aliphatic heterocycles. The van der Waals surface area contributed by atoms with Crippen LogP contribution >= 0.6 is 15.9 Å². The van der Waals surface area contributed by atoms with Crippen molar-refractivity contribution in [1.82, 2.24) is 10.2 Å². The molecule has 2 amide bonds. The van der Waals surface area contributed by atoms with E-state index in [0.717, 1.165) is 16.3 Å². The van der Waals surface area contributed by atoms with E-state index in [0.29, 0.717) is 11.4 Å². The molecule has 8 nitrogen and oxygen atoms in total. The van der Waals surface area contributed by atoms with Crippen LogP contribution in [0.5, 0.6) is 5.75 Å². The predicted octanol–water partition coefficient (Wildman–Crippen LogP) is 4.34. The highest BCUT2D eigenvalue weighted by Crippen LogP contribution is 2.29. The zero-order chi connectivity index (χ0) is 27.1. The number of methoxy groups -OCH3 is 1. The van der Waals surface area contributed by atoms with Crippen molar-refractivity contribution in [2.75, 3.05) is 24.2 Å². The summed E-state index contributed by atoms with van der Waals surface area (Å²) in [7, 11) is -2.13. The number of nitrogens with one attached hydrogen (secondary N) is 1. The van der Waals surface area contributed by atoms with Gasteiger partial charge in [-0.1, -0.05) is 40.2 Å². The van der Waals surface area contributed by atoms with Crippen molar-refractivity contribution >= 4 is 43.5 Å². The predicted molar refractivity (Wildman–Crippen MR) is 146 cm³/mol. The van der Waals surface area contributed by atoms with Gasteiger partial charge in [-0.15, -0.1) is 0 Å². The third kappa shape index (κ3) is 8.81. The van der Waals surface area contributed by atoms with Crippen LogP contribution in [0.3, 0.4) is 0 Å². The van der Waals surface area contributed by atoms with Crippen molar-refractivity contribution in [1.29, 1.82) is 0 Å². The summed E-state index contributed by atoms with van der Waals surface area (Å²) >= 11 is 3.45. The summed E-state index contributed by atoms with van der Waals surface area (Å²) in [6, 6.07) is 13.7. The topological polar surface area (TPSA) is 96.0 Å². The fraction of sp³-hybridized carbons (Fsp3) is 0.462. The number of hydrogen-bond donors (Lipinski definition) is 1. The Morgan fingerprint density at radius 2 is 1.78 bits per heavy atom. The second-order valence-corrected chi connectivity index (χ2v) is 12.5. The number of ether oxygens (including phenoxy) is 1. The number of amides is 2. The Kier molecular flexibility index (Phi) is 10.4. The zero-order valence-electron chi connectivity index (χ0n) is 21.7. The number of carbonyl (C=O) groups is 2. The van der Waals surface area contributed by atoms with E-state index >= 15 is 0 Å². The van der Waals surface area contributed by atoms with E-state index in [2.05, 4.69) is 21.2 Å². The van der Waals surface area contributed by atoms with Gasteiger partial charge < -0.3 is 15.0 Å². The normalized spacial score (nSPS) is 12.5. The first-order chi connectivity index (χ1) is 16.7. The van der Waals surface area contributed by atoms with E-state index < -0.39 is 21.6 Å². The standard InChI is InChI=1S/C26H36BrN3O5S/c1-19(25(32)28-26(2,3)4)29(18-20-11-9-12-21(27)17-20)24(31)15-10-16-30(36(6,33)34)22-13-7-8-14-23(22)35-5/h7-9,11-14,17,19H,10,15-16,18H2,1-6H3,(H,28,32)/t19-/m1/s1. The first kappa shape index (κ1) is 29.6. The van der Waals surface area contributed by atoms with E-state index in [1.807, 2.05) is 45.0 Å². The highest BCUT2D eigenvalue weighted by atomic mass is 79.9. The van der Waals surface area contributed by atoms with Gasteiger partial charge in [0.2, 0.25) is 21.8 Å². The molecule has 0 radical (unpaired) electrons. The highest BCUT2D eigenvalue weighted by Gasteiger charge is 2.29. The minimum Gasteiger partial charge on any atom is -0.495 e. The van der Waals surface area contributed by atoms with Crippen LogP contribution in [0.15, 0.2) is 53.0 Å². The molecule has 2 rings (SSSR count). The van der Waals surface area contributed by atoms with Crippen LogP contribution in [0.4, 0.5) is 5.69 Å². The number of anilines is 1. The molecule has 1 atom stereocenters. The van der Waals surface area contributed by atoms with Crippen LogP contribution in [0.25, 0.3) is 0 Å². The van der Waals surface area contributed by atoms with E-state index in [-0.39, 0.29) is 37.7 Å². The van der Waals surface area contributed by atoms with Crippen LogP contribution in [0.2, 0.25) is 0 Å². The molecule has 1 N–H and O–H groups in total. The summed E-state index contributed by atoms with van der Waals surface area (Å²) in [4.78, 5) is 27.8. The third-order valence-electron chi connectivity index (χ3n) is 5.41. The Hall–Kier alpha value is -2.59. The smallest absolute Gasteiger partial charge is 0.242 e. The lowest BCUT2D eigenvalue weighted by molar-refractivity contribution is -0.141. The summed E-state index contributed by atoms with van der Waals surface area (Å²) in [5.74, 6) is -0.0596. The van der Waals surface area contributed by atoms with Gasteiger partial charge in [-0.25, -0.2) is 8.42 Å². The number of nitrogens with zero attached hydrogens (tertiary/aromatic N) is 2. The van der Waals surface area contributed by atoms with Crippen LogP contribution < -0.4 is 14.4 Å². The zero-order valence-corrected chi connectivity index (χ0v) is 24.1. The largest absolute Gasteiger partial charge is 0.495 e. The monoisotopic (exact) mass is 581 g/mol. The van der Waals surface area contributed by atoms with Gasteiger partial charge in [-0.05, 0) is 63.9 Å². The fourth-order valence-electron chi connectivity index (χ4n) is 3.71. The van der Waals surface area contributed by atoms with Gasteiger partial charge in [0.05, 0.1) is 19.1 Å². The van der Waals surface area contributed by atoms with Gasteiger partial charge in [0.25, 0.3) is 0 Å². The van der Waals surface area contributed by atoms with Crippen molar-refractivity contribution in [3.05, 3.63) is 58.6 Å². The first-order valence-corrected chi connectivity index (χ1v) is 14.3. The molecule has 10 heteroatoms. The molecule has 2 aromatic carbocycles. The van der Waals surface area contributed by atoms with Crippen LogP contribution in [0.1, 0.15) is 46.1 Å². The lowest BCUT2D eigenvalue weighted by Gasteiger charge is -2.32. The van der Waals surface area contributed by atoms with E-state index in [1.54, 1.807) is 31.2 Å². The molecule has 0 saturated heterocycles. The van der Waals surface area contributed by atoms with E-state index in [1.165, 1.54) is 16.3 Å². The molecule has 2 aromatic rings. The molecule has 0 bridgehead atoms. The van der Waals surface area contributed by atoms with Crippen LogP contribution in [-0.4, -0.2) is 56.6 Å². The number of halogens is 1. The maximum Gasteiger partial charge on any atom is 0.242 e. The van der Waals surface area contributed by atoms with Crippen LogP contribution in [0, 0.1) is 0 Å². The van der Waals surface area contributed by atoms with Gasteiger partial charge in [-0.2, -0.15) is 0 Å². The maximum atomic E-state index is 13.4. The molecule has 0 unspecified atom stereocenters. The Labute approximate surface area is 223 Å². The minimum absolute atomic E-state index is 0.0717. The second kappa shape index (κ2) is 12.6. The van der Waals surface area contributed by atoms with Crippen molar-refractivity contribution in [2.45, 2.75) is 58.7 Å². The number of hydrogen-bond acceptors (Lipinski definition) is 5. The Balaban J connectivity index is 2.22. The Morgan fingerprint density at radius 1 is 1.11 bits per heavy atom. The van der Waals surface area contributed by atoms with Crippen molar-refractivity contribution < 1.29 is 22.7 Å². The number of para-hydroxylation sites is 2. The summed E-state index contributed by atoms with van der Waals surface area (Å²) in [6.07, 6.45) is 1.47. The van der Waals surface area contributed by atoms with E-state index in [4.69, 9.17) is 4.74 Å². The summed E-state index contributed by atoms with van der Waals surface area (Å²) in [5.41, 5.74) is 0.847. The number of rotatable bonds is 11. The molecule has 0 spiro atoms. The molecule has 0 aliphatic rings. The quantitative estimate of drug-likeness (QED) is 0.426. The van der Waals surface area contributed by atoms with Crippen LogP contribution in [-0.2, 0) is 26.2 Å². The maximum absolute atomic E-state index is 13.4. The molecule has 0 fully saturated rings. The van der Waals surface area contributed by atoms with E-state index in [9.17, 15) is 18.0 Å². The number of sulfonamides is 1. The van der Waals surface area contributed by atoms with Crippen molar-refractivity contribution in [3.8, 4) is 5.75 Å². The molecule has 0 heterocycles. The van der Waals surface area contributed by atoms with Crippen molar-refractivity contribution in [3.63, 3.8) is 0 Å². The lowest BCUT2D eigenvalue weighted by Crippen LogP contribution is -2.52. The van der Waals surface area contributed by atoms with Gasteiger partial charge in [0.1, 0.15) is 11.8 Å². The highest BCUT2D eigenvalue weighted by molar-refractivity contribution is 9.10. The Bertz CT molecular complexity index is 1160.